The van der Waals surface area contributed by atoms with Crippen molar-refractivity contribution >= 4 is 23.1 Å². The zero-order valence-corrected chi connectivity index (χ0v) is 16.7. The number of alkyl halides is 3. The van der Waals surface area contributed by atoms with Crippen molar-refractivity contribution in [2.75, 3.05) is 10.6 Å². The monoisotopic (exact) mass is 411 g/mol. The first-order valence-electron chi connectivity index (χ1n) is 9.15. The third-order valence-corrected chi connectivity index (χ3v) is 4.36. The molecule has 0 aliphatic carbocycles. The summed E-state index contributed by atoms with van der Waals surface area (Å²) in [6.07, 6.45) is -3.91. The van der Waals surface area contributed by atoms with E-state index in [2.05, 4.69) is 41.4 Å². The van der Waals surface area contributed by atoms with Crippen molar-refractivity contribution in [1.29, 1.82) is 5.26 Å². The summed E-state index contributed by atoms with van der Waals surface area (Å²) in [5, 5.41) is 14.6. The Morgan fingerprint density at radius 1 is 0.933 bits per heavy atom. The summed E-state index contributed by atoms with van der Waals surface area (Å²) >= 11 is 0. The van der Waals surface area contributed by atoms with E-state index in [0.717, 1.165) is 11.8 Å². The molecule has 1 aromatic heterocycles. The van der Waals surface area contributed by atoms with Crippen molar-refractivity contribution in [3.63, 3.8) is 0 Å². The predicted molar refractivity (Wildman–Crippen MR) is 110 cm³/mol. The number of nitrogens with zero attached hydrogens (tertiary/aromatic N) is 3. The molecule has 0 atom stereocenters. The lowest BCUT2D eigenvalue weighted by Crippen LogP contribution is -2.13. The molecule has 0 radical (unpaired) electrons. The van der Waals surface area contributed by atoms with Crippen LogP contribution in [0.15, 0.2) is 54.7 Å². The van der Waals surface area contributed by atoms with Gasteiger partial charge >= 0.3 is 6.18 Å². The van der Waals surface area contributed by atoms with Crippen LogP contribution in [0.1, 0.15) is 37.5 Å². The summed E-state index contributed by atoms with van der Waals surface area (Å²) in [6, 6.07) is 15.6. The summed E-state index contributed by atoms with van der Waals surface area (Å²) in [6.45, 7) is 6.27. The molecule has 5 nitrogen and oxygen atoms in total. The molecule has 0 spiro atoms. The van der Waals surface area contributed by atoms with Crippen molar-refractivity contribution in [2.45, 2.75) is 32.4 Å². The predicted octanol–water partition coefficient (Wildman–Crippen LogP) is 6.15. The molecular formula is C22H20F3N5. The van der Waals surface area contributed by atoms with Gasteiger partial charge in [0.15, 0.2) is 0 Å². The second kappa shape index (κ2) is 8.03. The molecule has 154 valence electrons. The second-order valence-corrected chi connectivity index (χ2v) is 7.72. The van der Waals surface area contributed by atoms with Gasteiger partial charge in [-0.25, -0.2) is 4.98 Å². The molecule has 0 aliphatic heterocycles. The summed E-state index contributed by atoms with van der Waals surface area (Å²) < 4.78 is 40.3. The van der Waals surface area contributed by atoms with Gasteiger partial charge < -0.3 is 10.6 Å². The molecule has 2 N–H and O–H groups in total. The van der Waals surface area contributed by atoms with Gasteiger partial charge in [0, 0.05) is 17.6 Å². The van der Waals surface area contributed by atoms with E-state index >= 15 is 0 Å². The van der Waals surface area contributed by atoms with Gasteiger partial charge in [-0.05, 0) is 41.3 Å². The van der Waals surface area contributed by atoms with Gasteiger partial charge in [0.05, 0.1) is 11.6 Å². The molecule has 8 heteroatoms. The fraction of sp³-hybridized carbons (Fsp3) is 0.227. The highest BCUT2D eigenvalue weighted by Crippen LogP contribution is 2.35. The second-order valence-electron chi connectivity index (χ2n) is 7.72. The van der Waals surface area contributed by atoms with Crippen molar-refractivity contribution in [3.8, 4) is 6.07 Å². The number of anilines is 4. The highest BCUT2D eigenvalue weighted by molar-refractivity contribution is 5.64. The Morgan fingerprint density at radius 2 is 1.63 bits per heavy atom. The summed E-state index contributed by atoms with van der Waals surface area (Å²) in [5.41, 5.74) is 1.40. The minimum Gasteiger partial charge on any atom is -0.340 e. The van der Waals surface area contributed by atoms with Crippen LogP contribution in [0.4, 0.5) is 36.3 Å². The van der Waals surface area contributed by atoms with E-state index in [-0.39, 0.29) is 11.4 Å². The molecule has 0 bridgehead atoms. The Hall–Kier alpha value is -3.60. The fourth-order valence-corrected chi connectivity index (χ4v) is 2.73. The van der Waals surface area contributed by atoms with Gasteiger partial charge in [-0.3, -0.25) is 0 Å². The summed E-state index contributed by atoms with van der Waals surface area (Å²) in [4.78, 5) is 7.83. The van der Waals surface area contributed by atoms with E-state index < -0.39 is 17.6 Å². The zero-order chi connectivity index (χ0) is 21.9. The molecule has 0 amide bonds. The standard InChI is InChI=1S/C22H20F3N5/c1-21(2,3)15-7-9-16(10-8-15)29-20-27-13-18(22(23,24)25)19(30-20)28-17-6-4-5-14(11-17)12-26/h4-11,13H,1-3H3,(H2,27,28,29,30). The van der Waals surface area contributed by atoms with E-state index in [0.29, 0.717) is 16.9 Å². The molecule has 0 saturated carbocycles. The van der Waals surface area contributed by atoms with Gasteiger partial charge in [-0.1, -0.05) is 39.0 Å². The van der Waals surface area contributed by atoms with E-state index in [1.807, 2.05) is 30.3 Å². The molecular weight excluding hydrogens is 391 g/mol. The average Bonchev–Trinajstić information content (AvgIpc) is 2.67. The minimum absolute atomic E-state index is 0.0154. The lowest BCUT2D eigenvalue weighted by molar-refractivity contribution is -0.137. The third-order valence-electron chi connectivity index (χ3n) is 4.36. The Bertz CT molecular complexity index is 1080. The smallest absolute Gasteiger partial charge is 0.340 e. The Labute approximate surface area is 172 Å². The highest BCUT2D eigenvalue weighted by atomic mass is 19.4. The lowest BCUT2D eigenvalue weighted by Gasteiger charge is -2.19. The maximum absolute atomic E-state index is 13.4. The maximum atomic E-state index is 13.4. The van der Waals surface area contributed by atoms with Gasteiger partial charge in [0.2, 0.25) is 5.95 Å². The summed E-state index contributed by atoms with van der Waals surface area (Å²) in [7, 11) is 0. The normalized spacial score (nSPS) is 11.6. The Kier molecular flexibility index (Phi) is 5.65. The quantitative estimate of drug-likeness (QED) is 0.538. The van der Waals surface area contributed by atoms with E-state index in [1.54, 1.807) is 18.2 Å². The van der Waals surface area contributed by atoms with Gasteiger partial charge in [-0.2, -0.15) is 23.4 Å². The molecule has 3 aromatic rings. The first-order valence-corrected chi connectivity index (χ1v) is 9.15. The van der Waals surface area contributed by atoms with Gasteiger partial charge in [0.1, 0.15) is 11.4 Å². The van der Waals surface area contributed by atoms with Crippen LogP contribution in [0.3, 0.4) is 0 Å². The van der Waals surface area contributed by atoms with E-state index in [9.17, 15) is 13.2 Å². The first kappa shape index (κ1) is 21.1. The maximum Gasteiger partial charge on any atom is 0.421 e. The van der Waals surface area contributed by atoms with Crippen LogP contribution in [0.25, 0.3) is 0 Å². The van der Waals surface area contributed by atoms with Crippen LogP contribution < -0.4 is 10.6 Å². The zero-order valence-electron chi connectivity index (χ0n) is 16.7. The molecule has 30 heavy (non-hydrogen) atoms. The molecule has 0 unspecified atom stereocenters. The van der Waals surface area contributed by atoms with Gasteiger partial charge in [-0.15, -0.1) is 0 Å². The van der Waals surface area contributed by atoms with E-state index in [4.69, 9.17) is 5.26 Å². The van der Waals surface area contributed by atoms with Crippen LogP contribution in [0, 0.1) is 11.3 Å². The molecule has 0 aliphatic rings. The Balaban J connectivity index is 1.91. The molecule has 2 aromatic carbocycles. The van der Waals surface area contributed by atoms with Crippen LogP contribution in [-0.4, -0.2) is 9.97 Å². The molecule has 3 rings (SSSR count). The Morgan fingerprint density at radius 3 is 2.23 bits per heavy atom. The van der Waals surface area contributed by atoms with Crippen LogP contribution in [0.5, 0.6) is 0 Å². The van der Waals surface area contributed by atoms with Crippen LogP contribution >= 0.6 is 0 Å². The number of nitriles is 1. The first-order chi connectivity index (χ1) is 14.1. The molecule has 0 fully saturated rings. The van der Waals surface area contributed by atoms with Crippen molar-refractivity contribution < 1.29 is 13.2 Å². The van der Waals surface area contributed by atoms with Crippen molar-refractivity contribution in [3.05, 3.63) is 71.4 Å². The number of nitrogens with one attached hydrogen (secondary N) is 2. The highest BCUT2D eigenvalue weighted by Gasteiger charge is 2.35. The topological polar surface area (TPSA) is 73.6 Å². The van der Waals surface area contributed by atoms with Crippen LogP contribution in [0.2, 0.25) is 0 Å². The summed E-state index contributed by atoms with van der Waals surface area (Å²) in [5.74, 6) is -0.383. The average molecular weight is 411 g/mol. The molecule has 0 saturated heterocycles. The van der Waals surface area contributed by atoms with E-state index in [1.165, 1.54) is 6.07 Å². The lowest BCUT2D eigenvalue weighted by atomic mass is 9.87. The fourth-order valence-electron chi connectivity index (χ4n) is 2.73. The minimum atomic E-state index is -4.64. The number of aromatic nitrogens is 2. The number of rotatable bonds is 4. The van der Waals surface area contributed by atoms with Crippen LogP contribution in [-0.2, 0) is 11.6 Å². The number of benzene rings is 2. The largest absolute Gasteiger partial charge is 0.421 e. The SMILES string of the molecule is CC(C)(C)c1ccc(Nc2ncc(C(F)(F)F)c(Nc3cccc(C#N)c3)n2)cc1. The van der Waals surface area contributed by atoms with Crippen molar-refractivity contribution in [1.82, 2.24) is 9.97 Å². The number of hydrogen-bond donors (Lipinski definition) is 2. The third kappa shape index (κ3) is 5.06. The molecule has 1 heterocycles. The van der Waals surface area contributed by atoms with Gasteiger partial charge in [0.25, 0.3) is 0 Å². The number of halogens is 3. The van der Waals surface area contributed by atoms with Crippen molar-refractivity contribution in [2.24, 2.45) is 0 Å². The number of hydrogen-bond acceptors (Lipinski definition) is 5.